The van der Waals surface area contributed by atoms with E-state index in [1.165, 1.54) is 11.3 Å². The lowest BCUT2D eigenvalue weighted by Crippen LogP contribution is -2.58. The summed E-state index contributed by atoms with van der Waals surface area (Å²) in [6.45, 7) is 3.79. The van der Waals surface area contributed by atoms with Gasteiger partial charge in [-0.1, -0.05) is 23.4 Å². The summed E-state index contributed by atoms with van der Waals surface area (Å²) in [5.74, 6) is 1.26. The van der Waals surface area contributed by atoms with Crippen LogP contribution < -0.4 is 20.3 Å². The zero-order valence-electron chi connectivity index (χ0n) is 23.2. The smallest absolute Gasteiger partial charge is 0.331 e. The van der Waals surface area contributed by atoms with E-state index in [4.69, 9.17) is 4.74 Å². The van der Waals surface area contributed by atoms with Crippen LogP contribution in [0.25, 0.3) is 10.2 Å². The van der Waals surface area contributed by atoms with Crippen LogP contribution in [0.3, 0.4) is 0 Å². The molecule has 0 spiro atoms. The van der Waals surface area contributed by atoms with Crippen LogP contribution in [0.2, 0.25) is 0 Å². The van der Waals surface area contributed by atoms with Gasteiger partial charge in [-0.15, -0.1) is 11.3 Å². The van der Waals surface area contributed by atoms with Gasteiger partial charge in [0.15, 0.2) is 0 Å². The van der Waals surface area contributed by atoms with E-state index in [2.05, 4.69) is 44.1 Å². The number of carbonyl (C=O) groups is 2. The van der Waals surface area contributed by atoms with Crippen LogP contribution in [-0.4, -0.2) is 69.7 Å². The zero-order chi connectivity index (χ0) is 28.0. The van der Waals surface area contributed by atoms with Crippen molar-refractivity contribution in [3.05, 3.63) is 71.2 Å². The number of anilines is 3. The summed E-state index contributed by atoms with van der Waals surface area (Å²) >= 11 is 1.31. The average molecular weight is 549 g/mol. The summed E-state index contributed by atoms with van der Waals surface area (Å²) in [6.07, 6.45) is 3.66. The van der Waals surface area contributed by atoms with Gasteiger partial charge in [-0.05, 0) is 68.3 Å². The Morgan fingerprint density at radius 3 is 2.67 bits per heavy atom. The maximum Gasteiger partial charge on any atom is 0.331 e. The van der Waals surface area contributed by atoms with Gasteiger partial charge in [0, 0.05) is 18.8 Å². The fourth-order valence-electron chi connectivity index (χ4n) is 5.51. The first-order chi connectivity index (χ1) is 19.2. The number of rotatable bonds is 6. The van der Waals surface area contributed by atoms with E-state index in [0.717, 1.165) is 48.3 Å². The first-order valence-electron chi connectivity index (χ1n) is 13.6. The fourth-order valence-corrected chi connectivity index (χ4v) is 6.53. The van der Waals surface area contributed by atoms with Crippen molar-refractivity contribution in [2.45, 2.75) is 31.0 Å². The molecule has 0 bridgehead atoms. The van der Waals surface area contributed by atoms with Gasteiger partial charge in [0.1, 0.15) is 44.7 Å². The summed E-state index contributed by atoms with van der Waals surface area (Å²) in [6, 6.07) is 16.8. The van der Waals surface area contributed by atoms with Crippen molar-refractivity contribution in [3.8, 4) is 11.5 Å². The number of aryl methyl sites for hydroxylation is 1. The number of nitrogens with zero attached hydrogens (tertiary/aromatic N) is 3. The Morgan fingerprint density at radius 2 is 1.93 bits per heavy atom. The lowest BCUT2D eigenvalue weighted by molar-refractivity contribution is 0.0907. The van der Waals surface area contributed by atoms with Crippen LogP contribution in [-0.2, 0) is 0 Å². The molecule has 0 unspecified atom stereocenters. The summed E-state index contributed by atoms with van der Waals surface area (Å²) in [4.78, 5) is 36.9. The monoisotopic (exact) mass is 549 g/mol. The van der Waals surface area contributed by atoms with Gasteiger partial charge in [0.2, 0.25) is 0 Å². The molecular formula is C28H30B3N5O3S. The Morgan fingerprint density at radius 1 is 1.12 bits per heavy atom. The van der Waals surface area contributed by atoms with Gasteiger partial charge in [0.05, 0.1) is 22.4 Å². The normalized spacial score (nSPS) is 17.5. The quantitative estimate of drug-likeness (QED) is 0.362. The van der Waals surface area contributed by atoms with Gasteiger partial charge < -0.3 is 20.3 Å². The van der Waals surface area contributed by atoms with E-state index < -0.39 is 0 Å². The highest BCUT2D eigenvalue weighted by Gasteiger charge is 2.35. The Balaban J connectivity index is 1.29. The highest BCUT2D eigenvalue weighted by atomic mass is 32.1. The van der Waals surface area contributed by atoms with Crippen LogP contribution in [0, 0.1) is 6.92 Å². The summed E-state index contributed by atoms with van der Waals surface area (Å²) in [7, 11) is 6.61. The number of carbonyl (C=O) groups excluding carboxylic acids is 2. The van der Waals surface area contributed by atoms with Crippen molar-refractivity contribution in [2.75, 3.05) is 23.3 Å². The lowest BCUT2D eigenvalue weighted by atomic mass is 9.48. The van der Waals surface area contributed by atoms with Gasteiger partial charge in [-0.3, -0.25) is 9.69 Å². The summed E-state index contributed by atoms with van der Waals surface area (Å²) in [5.41, 5.74) is 2.85. The second-order valence-corrected chi connectivity index (χ2v) is 12.4. The molecule has 1 saturated heterocycles. The van der Waals surface area contributed by atoms with Crippen LogP contribution in [0.4, 0.5) is 21.9 Å². The Hall–Kier alpha value is -3.76. The standard InChI is InChI=1S/C28H30B3N5O3S/c1-16-14-19(39-18-7-3-2-4-8-18)9-10-20(16)36-21-11-12-32-26-22(21)23(34-27(36)38)24(40-26)25(37)33-17-6-5-13-35(15-17)28(29,30)31/h2-4,7-12,14,17H,5-6,13,15,29-31H2,1H3,(H,33,37)(H,34,38)/t17-/m1/s1. The van der Waals surface area contributed by atoms with E-state index in [0.29, 0.717) is 26.8 Å². The molecule has 6 rings (SSSR count). The van der Waals surface area contributed by atoms with Gasteiger partial charge in [0.25, 0.3) is 5.91 Å². The van der Waals surface area contributed by atoms with E-state index in [-0.39, 0.29) is 23.2 Å². The number of aromatic nitrogens is 1. The molecule has 0 saturated carbocycles. The van der Waals surface area contributed by atoms with E-state index in [1.54, 1.807) is 11.1 Å². The Kier molecular flexibility index (Phi) is 6.84. The molecule has 0 radical (unpaired) electrons. The van der Waals surface area contributed by atoms with Crippen molar-refractivity contribution < 1.29 is 14.3 Å². The maximum absolute atomic E-state index is 13.6. The number of ether oxygens (including phenoxy) is 1. The number of pyridine rings is 1. The zero-order valence-corrected chi connectivity index (χ0v) is 24.0. The van der Waals surface area contributed by atoms with Crippen LogP contribution >= 0.6 is 11.3 Å². The number of thiophene rings is 1. The number of hydrogen-bond donors (Lipinski definition) is 2. The van der Waals surface area contributed by atoms with Crippen LogP contribution in [0.1, 0.15) is 28.1 Å². The Bertz CT molecular complexity index is 1610. The largest absolute Gasteiger partial charge is 0.457 e. The van der Waals surface area contributed by atoms with Crippen molar-refractivity contribution in [3.63, 3.8) is 0 Å². The number of amides is 3. The number of piperidine rings is 1. The highest BCUT2D eigenvalue weighted by Crippen LogP contribution is 2.46. The number of hydrogen-bond acceptors (Lipinski definition) is 6. The molecule has 2 aromatic carbocycles. The van der Waals surface area contributed by atoms with Crippen molar-refractivity contribution >= 4 is 74.1 Å². The molecule has 4 heterocycles. The molecule has 2 aliphatic heterocycles. The van der Waals surface area contributed by atoms with Crippen molar-refractivity contribution in [2.24, 2.45) is 0 Å². The average Bonchev–Trinajstić information content (AvgIpc) is 3.29. The minimum Gasteiger partial charge on any atom is -0.457 e. The second-order valence-electron chi connectivity index (χ2n) is 11.4. The first kappa shape index (κ1) is 26.5. The van der Waals surface area contributed by atoms with Gasteiger partial charge in [-0.2, -0.15) is 0 Å². The molecule has 2 N–H and O–H groups in total. The molecule has 3 amide bonds. The van der Waals surface area contributed by atoms with E-state index in [1.807, 2.05) is 61.5 Å². The maximum atomic E-state index is 13.6. The molecule has 40 heavy (non-hydrogen) atoms. The summed E-state index contributed by atoms with van der Waals surface area (Å²) < 4.78 is 5.98. The molecule has 1 fully saturated rings. The molecular weight excluding hydrogens is 519 g/mol. The van der Waals surface area contributed by atoms with Gasteiger partial charge in [-0.25, -0.2) is 9.78 Å². The van der Waals surface area contributed by atoms with Crippen molar-refractivity contribution in [1.29, 1.82) is 0 Å². The third kappa shape index (κ3) is 4.97. The molecule has 12 heteroatoms. The summed E-state index contributed by atoms with van der Waals surface area (Å²) in [5, 5.41) is 7.07. The molecule has 1 atom stereocenters. The molecule has 200 valence electrons. The molecule has 8 nitrogen and oxygen atoms in total. The highest BCUT2D eigenvalue weighted by molar-refractivity contribution is 7.21. The first-order valence-corrected chi connectivity index (χ1v) is 14.4. The third-order valence-electron chi connectivity index (χ3n) is 7.55. The number of likely N-dealkylation sites (tertiary alicyclic amines) is 1. The minimum atomic E-state index is -0.316. The topological polar surface area (TPSA) is 86.8 Å². The fraction of sp³-hybridized carbons (Fsp3) is 0.250. The molecule has 2 aromatic heterocycles. The SMILES string of the molecule is BC(B)(B)N1CCC[C@@H](NC(=O)c2sc3nccc4c3c2NC(=O)N4c2ccc(Oc3ccccc3)cc2C)C1. The molecule has 0 aliphatic carbocycles. The molecule has 2 aliphatic rings. The number of nitrogens with one attached hydrogen (secondary N) is 2. The Labute approximate surface area is 240 Å². The number of benzene rings is 2. The lowest BCUT2D eigenvalue weighted by Gasteiger charge is -2.42. The van der Waals surface area contributed by atoms with Crippen LogP contribution in [0.15, 0.2) is 60.8 Å². The number of para-hydroxylation sites is 1. The third-order valence-corrected chi connectivity index (χ3v) is 8.64. The predicted molar refractivity (Wildman–Crippen MR) is 169 cm³/mol. The minimum absolute atomic E-state index is 0.0489. The van der Waals surface area contributed by atoms with Crippen LogP contribution in [0.5, 0.6) is 11.5 Å². The van der Waals surface area contributed by atoms with E-state index in [9.17, 15) is 9.59 Å². The predicted octanol–water partition coefficient (Wildman–Crippen LogP) is 2.79. The van der Waals surface area contributed by atoms with Gasteiger partial charge >= 0.3 is 6.03 Å². The molecule has 4 aromatic rings. The number of urea groups is 1. The second kappa shape index (κ2) is 10.3. The van der Waals surface area contributed by atoms with E-state index >= 15 is 0 Å². The van der Waals surface area contributed by atoms with Crippen molar-refractivity contribution in [1.82, 2.24) is 15.2 Å².